The maximum atomic E-state index is 12.1. The molecule has 3 rings (SSSR count). The Morgan fingerprint density at radius 1 is 1.50 bits per heavy atom. The van der Waals surface area contributed by atoms with E-state index < -0.39 is 18.0 Å². The highest BCUT2D eigenvalue weighted by Gasteiger charge is 2.35. The fourth-order valence-electron chi connectivity index (χ4n) is 2.23. The molecule has 1 aliphatic rings. The molecule has 3 N–H and O–H groups in total. The number of halogens is 1. The van der Waals surface area contributed by atoms with Crippen molar-refractivity contribution in [1.82, 2.24) is 0 Å². The molecule has 0 spiro atoms. The van der Waals surface area contributed by atoms with Crippen LogP contribution < -0.4 is 15.9 Å². The van der Waals surface area contributed by atoms with E-state index in [0.29, 0.717) is 0 Å². The van der Waals surface area contributed by atoms with Crippen LogP contribution in [0.1, 0.15) is 22.3 Å². The molecule has 0 fully saturated rings. The zero-order valence-corrected chi connectivity index (χ0v) is 13.4. The van der Waals surface area contributed by atoms with Gasteiger partial charge in [0.2, 0.25) is 17.1 Å². The molecule has 0 radical (unpaired) electrons. The Morgan fingerprint density at radius 3 is 2.86 bits per heavy atom. The molecule has 0 aromatic carbocycles. The summed E-state index contributed by atoms with van der Waals surface area (Å²) in [5, 5.41) is 18.6. The van der Waals surface area contributed by atoms with Crippen molar-refractivity contribution in [3.63, 3.8) is 0 Å². The third kappa shape index (κ3) is 2.33. The molecule has 1 aliphatic heterocycles. The average Bonchev–Trinajstić information content (AvgIpc) is 2.92. The van der Waals surface area contributed by atoms with Gasteiger partial charge in [0.05, 0.1) is 9.70 Å². The number of aliphatic hydroxyl groups is 1. The van der Waals surface area contributed by atoms with Crippen LogP contribution in [0.4, 0.5) is 0 Å². The van der Waals surface area contributed by atoms with Crippen molar-refractivity contribution in [3.05, 3.63) is 60.1 Å². The van der Waals surface area contributed by atoms with E-state index in [-0.39, 0.29) is 28.7 Å². The highest BCUT2D eigenvalue weighted by molar-refractivity contribution is 9.11. The molecule has 0 saturated carbocycles. The maximum Gasteiger partial charge on any atom is 0.228 e. The molecule has 3 heterocycles. The number of hydrogen-bond donors (Lipinski definition) is 2. The number of thiophene rings is 1. The van der Waals surface area contributed by atoms with Crippen LogP contribution in [0.25, 0.3) is 0 Å². The first-order valence-electron chi connectivity index (χ1n) is 6.15. The first-order valence-corrected chi connectivity index (χ1v) is 7.76. The van der Waals surface area contributed by atoms with Gasteiger partial charge in [0.15, 0.2) is 5.76 Å². The summed E-state index contributed by atoms with van der Waals surface area (Å²) in [6, 6.07) is 6.79. The lowest BCUT2D eigenvalue weighted by atomic mass is 9.93. The second-order valence-electron chi connectivity index (χ2n) is 4.50. The molecule has 0 aliphatic carbocycles. The minimum Gasteiger partial charge on any atom is -0.458 e. The van der Waals surface area contributed by atoms with Gasteiger partial charge >= 0.3 is 0 Å². The molecule has 0 unspecified atom stereocenters. The van der Waals surface area contributed by atoms with E-state index >= 15 is 0 Å². The van der Waals surface area contributed by atoms with Gasteiger partial charge in [-0.25, -0.2) is 0 Å². The van der Waals surface area contributed by atoms with Gasteiger partial charge in [-0.3, -0.25) is 4.79 Å². The quantitative estimate of drug-likeness (QED) is 0.825. The SMILES string of the molecule is N#CC1=C(N)Oc2c(oc(CO)cc2=O)[C@@H]1c1ccc(Br)s1. The molecule has 22 heavy (non-hydrogen) atoms. The molecular weight excluding hydrogens is 372 g/mol. The van der Waals surface area contributed by atoms with E-state index in [4.69, 9.17) is 14.9 Å². The van der Waals surface area contributed by atoms with Crippen molar-refractivity contribution in [2.24, 2.45) is 5.73 Å². The highest BCUT2D eigenvalue weighted by Crippen LogP contribution is 2.43. The molecule has 2 aromatic heterocycles. The second-order valence-corrected chi connectivity index (χ2v) is 6.99. The minimum atomic E-state index is -0.635. The summed E-state index contributed by atoms with van der Waals surface area (Å²) in [4.78, 5) is 12.9. The smallest absolute Gasteiger partial charge is 0.228 e. The average molecular weight is 381 g/mol. The number of nitriles is 1. The van der Waals surface area contributed by atoms with Crippen molar-refractivity contribution in [2.45, 2.75) is 12.5 Å². The zero-order valence-electron chi connectivity index (χ0n) is 11.0. The first-order chi connectivity index (χ1) is 10.5. The van der Waals surface area contributed by atoms with E-state index in [1.165, 1.54) is 11.3 Å². The summed E-state index contributed by atoms with van der Waals surface area (Å²) in [5.74, 6) is -0.525. The number of allylic oxidation sites excluding steroid dienone is 1. The van der Waals surface area contributed by atoms with Gasteiger partial charge in [-0.2, -0.15) is 5.26 Å². The fourth-order valence-corrected chi connectivity index (χ4v) is 3.76. The largest absolute Gasteiger partial charge is 0.458 e. The van der Waals surface area contributed by atoms with Gasteiger partial charge in [0, 0.05) is 10.9 Å². The molecule has 6 nitrogen and oxygen atoms in total. The van der Waals surface area contributed by atoms with Crippen LogP contribution in [0.3, 0.4) is 0 Å². The molecule has 112 valence electrons. The lowest BCUT2D eigenvalue weighted by Crippen LogP contribution is -2.25. The van der Waals surface area contributed by atoms with E-state index in [0.717, 1.165) is 14.7 Å². The van der Waals surface area contributed by atoms with E-state index in [2.05, 4.69) is 15.9 Å². The van der Waals surface area contributed by atoms with Gasteiger partial charge in [-0.05, 0) is 28.1 Å². The van der Waals surface area contributed by atoms with Crippen LogP contribution >= 0.6 is 27.3 Å². The van der Waals surface area contributed by atoms with E-state index in [1.54, 1.807) is 0 Å². The van der Waals surface area contributed by atoms with Gasteiger partial charge in [-0.1, -0.05) is 0 Å². The van der Waals surface area contributed by atoms with Crippen LogP contribution in [0.2, 0.25) is 0 Å². The molecule has 0 amide bonds. The van der Waals surface area contributed by atoms with Crippen LogP contribution in [-0.4, -0.2) is 5.11 Å². The van der Waals surface area contributed by atoms with E-state index in [9.17, 15) is 15.2 Å². The van der Waals surface area contributed by atoms with Crippen molar-refractivity contribution >= 4 is 27.3 Å². The number of ether oxygens (including phenoxy) is 1. The Labute approximate surface area is 137 Å². The maximum absolute atomic E-state index is 12.1. The molecule has 0 saturated heterocycles. The third-order valence-corrected chi connectivity index (χ3v) is 4.85. The van der Waals surface area contributed by atoms with Crippen LogP contribution in [-0.2, 0) is 6.61 Å². The van der Waals surface area contributed by atoms with Crippen LogP contribution in [0.15, 0.2) is 42.7 Å². The Kier molecular flexibility index (Phi) is 3.78. The fraction of sp³-hybridized carbons (Fsp3) is 0.143. The zero-order chi connectivity index (χ0) is 15.9. The third-order valence-electron chi connectivity index (χ3n) is 3.16. The van der Waals surface area contributed by atoms with Gasteiger partial charge in [0.25, 0.3) is 0 Å². The normalized spacial score (nSPS) is 16.9. The topological polar surface area (TPSA) is 109 Å². The lowest BCUT2D eigenvalue weighted by Gasteiger charge is -2.23. The predicted octanol–water partition coefficient (Wildman–Crippen LogP) is 2.17. The molecule has 2 aromatic rings. The Balaban J connectivity index is 2.29. The minimum absolute atomic E-state index is 0.0526. The molecule has 1 atom stereocenters. The summed E-state index contributed by atoms with van der Waals surface area (Å²) in [6.45, 7) is -0.426. The summed E-state index contributed by atoms with van der Waals surface area (Å²) in [7, 11) is 0. The van der Waals surface area contributed by atoms with Crippen LogP contribution in [0.5, 0.6) is 5.75 Å². The Bertz CT molecular complexity index is 878. The summed E-state index contributed by atoms with van der Waals surface area (Å²) >= 11 is 4.76. The molecule has 0 bridgehead atoms. The van der Waals surface area contributed by atoms with Gasteiger partial charge < -0.3 is 20.0 Å². The van der Waals surface area contributed by atoms with E-state index in [1.807, 2.05) is 18.2 Å². The first kappa shape index (κ1) is 14.8. The van der Waals surface area contributed by atoms with Crippen molar-refractivity contribution < 1.29 is 14.3 Å². The van der Waals surface area contributed by atoms with Crippen molar-refractivity contribution in [1.29, 1.82) is 5.26 Å². The van der Waals surface area contributed by atoms with Gasteiger partial charge in [-0.15, -0.1) is 11.3 Å². The second kappa shape index (κ2) is 5.61. The highest BCUT2D eigenvalue weighted by atomic mass is 79.9. The van der Waals surface area contributed by atoms with Crippen molar-refractivity contribution in [2.75, 3.05) is 0 Å². The van der Waals surface area contributed by atoms with Crippen LogP contribution in [0, 0.1) is 11.3 Å². The Hall–Kier alpha value is -2.08. The summed E-state index contributed by atoms with van der Waals surface area (Å²) in [6.07, 6.45) is 0. The number of nitrogens with two attached hydrogens (primary N) is 1. The number of rotatable bonds is 2. The lowest BCUT2D eigenvalue weighted by molar-refractivity contribution is 0.232. The standard InChI is InChI=1S/C14H9BrN2O4S/c15-10-2-1-9(22-10)11-7(4-16)14(17)21-12-8(19)3-6(5-18)20-13(11)12/h1-3,11,18H,5,17H2/t11-/m0/s1. The number of nitrogens with zero attached hydrogens (tertiary/aromatic N) is 1. The number of fused-ring (bicyclic) bond motifs is 1. The molecular formula is C14H9BrN2O4S. The predicted molar refractivity (Wildman–Crippen MR) is 82.2 cm³/mol. The summed E-state index contributed by atoms with van der Waals surface area (Å²) < 4.78 is 11.7. The van der Waals surface area contributed by atoms with Crippen molar-refractivity contribution in [3.8, 4) is 11.8 Å². The Morgan fingerprint density at radius 2 is 2.27 bits per heavy atom. The van der Waals surface area contributed by atoms with Gasteiger partial charge in [0.1, 0.15) is 24.0 Å². The number of aliphatic hydroxyl groups excluding tert-OH is 1. The molecule has 8 heteroatoms. The summed E-state index contributed by atoms with van der Waals surface area (Å²) in [5.41, 5.74) is 5.49. The number of hydrogen-bond acceptors (Lipinski definition) is 7. The monoisotopic (exact) mass is 380 g/mol.